The summed E-state index contributed by atoms with van der Waals surface area (Å²) in [4.78, 5) is 6.85. The number of imidazole rings is 1. The summed E-state index contributed by atoms with van der Waals surface area (Å²) in [5.74, 6) is 0.623. The minimum absolute atomic E-state index is 0.0386. The predicted molar refractivity (Wildman–Crippen MR) is 73.8 cm³/mol. The van der Waals surface area contributed by atoms with E-state index < -0.39 is 16.1 Å². The summed E-state index contributed by atoms with van der Waals surface area (Å²) in [6.07, 6.45) is 3.30. The van der Waals surface area contributed by atoms with Crippen LogP contribution in [0, 0.1) is 0 Å². The number of aryl methyl sites for hydroxylation is 1. The maximum absolute atomic E-state index is 12.1. The second-order valence-electron chi connectivity index (χ2n) is 3.91. The Bertz CT molecular complexity index is 510. The van der Waals surface area contributed by atoms with Gasteiger partial charge in [0.05, 0.1) is 17.2 Å². The van der Waals surface area contributed by atoms with Crippen molar-refractivity contribution in [2.75, 3.05) is 0 Å². The first-order chi connectivity index (χ1) is 8.40. The molecule has 6 nitrogen and oxygen atoms in total. The first-order valence-corrected chi connectivity index (χ1v) is 7.65. The van der Waals surface area contributed by atoms with Gasteiger partial charge in [0.15, 0.2) is 5.03 Å². The van der Waals surface area contributed by atoms with E-state index in [-0.39, 0.29) is 10.0 Å². The second-order valence-corrected chi connectivity index (χ2v) is 6.07. The molecule has 4 N–H and O–H groups in total. The Kier molecular flexibility index (Phi) is 5.24. The first kappa shape index (κ1) is 15.1. The summed E-state index contributed by atoms with van der Waals surface area (Å²) >= 11 is 4.85. The maximum Gasteiger partial charge on any atom is 0.258 e. The number of hydrogen-bond donors (Lipinski definition) is 3. The van der Waals surface area contributed by atoms with E-state index in [4.69, 9.17) is 18.0 Å². The molecule has 0 saturated carbocycles. The van der Waals surface area contributed by atoms with E-state index in [0.717, 1.165) is 6.42 Å². The number of aromatic nitrogens is 2. The Morgan fingerprint density at radius 1 is 1.61 bits per heavy atom. The Hall–Kier alpha value is -0.990. The zero-order chi connectivity index (χ0) is 13.8. The van der Waals surface area contributed by atoms with Gasteiger partial charge >= 0.3 is 0 Å². The van der Waals surface area contributed by atoms with Gasteiger partial charge in [-0.15, -0.1) is 0 Å². The van der Waals surface area contributed by atoms with Crippen molar-refractivity contribution >= 4 is 27.2 Å². The van der Waals surface area contributed by atoms with Crippen LogP contribution in [0.5, 0.6) is 0 Å². The zero-order valence-corrected chi connectivity index (χ0v) is 12.1. The molecule has 0 amide bonds. The third-order valence-corrected chi connectivity index (χ3v) is 4.11. The van der Waals surface area contributed by atoms with Crippen molar-refractivity contribution in [1.82, 2.24) is 14.7 Å². The van der Waals surface area contributed by atoms with Crippen molar-refractivity contribution in [3.8, 4) is 0 Å². The standard InChI is InChI=1S/C10H18N4O2S2/c1-3-5-7(10(11)17)14-18(15,16)9-6-12-8(4-2)13-9/h6-7,14H,3-5H2,1-2H3,(H2,11,17)(H,12,13). The highest BCUT2D eigenvalue weighted by Gasteiger charge is 2.23. The van der Waals surface area contributed by atoms with Crippen molar-refractivity contribution in [1.29, 1.82) is 0 Å². The summed E-state index contributed by atoms with van der Waals surface area (Å²) in [7, 11) is -3.65. The summed E-state index contributed by atoms with van der Waals surface area (Å²) in [6.45, 7) is 3.82. The molecule has 0 spiro atoms. The number of thiocarbonyl (C=S) groups is 1. The highest BCUT2D eigenvalue weighted by atomic mass is 32.2. The van der Waals surface area contributed by atoms with Crippen LogP contribution in [0.2, 0.25) is 0 Å². The van der Waals surface area contributed by atoms with Gasteiger partial charge in [0, 0.05) is 6.42 Å². The van der Waals surface area contributed by atoms with Crippen LogP contribution >= 0.6 is 12.2 Å². The summed E-state index contributed by atoms with van der Waals surface area (Å²) in [5, 5.41) is 0.0386. The minimum atomic E-state index is -3.65. The summed E-state index contributed by atoms with van der Waals surface area (Å²) in [6, 6.07) is -0.525. The van der Waals surface area contributed by atoms with Gasteiger partial charge in [-0.05, 0) is 6.42 Å². The largest absolute Gasteiger partial charge is 0.392 e. The highest BCUT2D eigenvalue weighted by Crippen LogP contribution is 2.08. The molecule has 1 aromatic rings. The summed E-state index contributed by atoms with van der Waals surface area (Å²) in [5.41, 5.74) is 5.52. The van der Waals surface area contributed by atoms with E-state index >= 15 is 0 Å². The monoisotopic (exact) mass is 290 g/mol. The number of rotatable bonds is 7. The molecule has 0 fully saturated rings. The Morgan fingerprint density at radius 3 is 2.72 bits per heavy atom. The number of nitrogens with two attached hydrogens (primary N) is 1. The van der Waals surface area contributed by atoms with Gasteiger partial charge in [-0.3, -0.25) is 0 Å². The lowest BCUT2D eigenvalue weighted by Crippen LogP contribution is -2.43. The average Bonchev–Trinajstić information content (AvgIpc) is 2.77. The van der Waals surface area contributed by atoms with Crippen LogP contribution in [0.4, 0.5) is 0 Å². The fraction of sp³-hybridized carbons (Fsp3) is 0.600. The Morgan fingerprint density at radius 2 is 2.28 bits per heavy atom. The smallest absolute Gasteiger partial charge is 0.258 e. The highest BCUT2D eigenvalue weighted by molar-refractivity contribution is 7.89. The fourth-order valence-electron chi connectivity index (χ4n) is 1.46. The summed E-state index contributed by atoms with van der Waals surface area (Å²) < 4.78 is 26.6. The molecule has 1 aromatic heterocycles. The van der Waals surface area contributed by atoms with E-state index in [1.165, 1.54) is 6.20 Å². The normalized spacial score (nSPS) is 13.4. The van der Waals surface area contributed by atoms with Gasteiger partial charge in [0.2, 0.25) is 0 Å². The molecule has 1 rings (SSSR count). The van der Waals surface area contributed by atoms with Crippen molar-refractivity contribution < 1.29 is 8.42 Å². The van der Waals surface area contributed by atoms with E-state index in [1.807, 2.05) is 13.8 Å². The zero-order valence-electron chi connectivity index (χ0n) is 10.4. The van der Waals surface area contributed by atoms with E-state index in [0.29, 0.717) is 18.7 Å². The van der Waals surface area contributed by atoms with Gasteiger partial charge in [-0.2, -0.15) is 4.72 Å². The Labute approximate surface area is 112 Å². The van der Waals surface area contributed by atoms with Crippen LogP contribution in [-0.4, -0.2) is 29.4 Å². The van der Waals surface area contributed by atoms with Gasteiger partial charge in [-0.25, -0.2) is 13.4 Å². The number of nitrogens with one attached hydrogen (secondary N) is 2. The van der Waals surface area contributed by atoms with Gasteiger partial charge in [0.25, 0.3) is 10.0 Å². The molecule has 1 heterocycles. The predicted octanol–water partition coefficient (Wildman–Crippen LogP) is 0.705. The molecular formula is C10H18N4O2S2. The maximum atomic E-state index is 12.1. The molecule has 0 aliphatic carbocycles. The third kappa shape index (κ3) is 3.76. The SMILES string of the molecule is CCCC(NS(=O)(=O)c1cnc(CC)[nH]1)C(N)=S. The first-order valence-electron chi connectivity index (χ1n) is 5.76. The minimum Gasteiger partial charge on any atom is -0.392 e. The number of nitrogens with zero attached hydrogens (tertiary/aromatic N) is 1. The van der Waals surface area contributed by atoms with E-state index in [9.17, 15) is 8.42 Å². The molecule has 1 atom stereocenters. The lowest BCUT2D eigenvalue weighted by atomic mass is 10.2. The molecule has 0 aliphatic rings. The second kappa shape index (κ2) is 6.26. The van der Waals surface area contributed by atoms with E-state index in [1.54, 1.807) is 0 Å². The van der Waals surface area contributed by atoms with Crippen molar-refractivity contribution in [2.24, 2.45) is 5.73 Å². The van der Waals surface area contributed by atoms with E-state index in [2.05, 4.69) is 14.7 Å². The van der Waals surface area contributed by atoms with Crippen molar-refractivity contribution in [3.63, 3.8) is 0 Å². The third-order valence-electron chi connectivity index (χ3n) is 2.45. The molecule has 0 aliphatic heterocycles. The quantitative estimate of drug-likeness (QED) is 0.642. The van der Waals surface area contributed by atoms with Gasteiger partial charge in [-0.1, -0.05) is 32.5 Å². The van der Waals surface area contributed by atoms with Crippen LogP contribution in [0.25, 0.3) is 0 Å². The lowest BCUT2D eigenvalue weighted by Gasteiger charge is -2.15. The number of H-pyrrole nitrogens is 1. The van der Waals surface area contributed by atoms with Crippen molar-refractivity contribution in [3.05, 3.63) is 12.0 Å². The van der Waals surface area contributed by atoms with Crippen LogP contribution in [0.15, 0.2) is 11.2 Å². The molecule has 0 saturated heterocycles. The van der Waals surface area contributed by atoms with Crippen LogP contribution < -0.4 is 10.5 Å². The fourth-order valence-corrected chi connectivity index (χ4v) is 2.90. The van der Waals surface area contributed by atoms with Gasteiger partial charge < -0.3 is 10.7 Å². The lowest BCUT2D eigenvalue weighted by molar-refractivity contribution is 0.564. The number of sulfonamides is 1. The molecule has 0 bridgehead atoms. The Balaban J connectivity index is 2.89. The molecule has 8 heteroatoms. The van der Waals surface area contributed by atoms with Crippen molar-refractivity contribution in [2.45, 2.75) is 44.2 Å². The molecule has 0 aromatic carbocycles. The average molecular weight is 290 g/mol. The molecular weight excluding hydrogens is 272 g/mol. The van der Waals surface area contributed by atoms with Gasteiger partial charge in [0.1, 0.15) is 5.82 Å². The topological polar surface area (TPSA) is 101 Å². The van der Waals surface area contributed by atoms with Crippen LogP contribution in [-0.2, 0) is 16.4 Å². The molecule has 102 valence electrons. The molecule has 0 radical (unpaired) electrons. The van der Waals surface area contributed by atoms with Crippen LogP contribution in [0.1, 0.15) is 32.5 Å². The van der Waals surface area contributed by atoms with Crippen LogP contribution in [0.3, 0.4) is 0 Å². The molecule has 1 unspecified atom stereocenters. The number of aromatic amines is 1. The molecule has 18 heavy (non-hydrogen) atoms. The number of hydrogen-bond acceptors (Lipinski definition) is 4.